The molecule has 2 aromatic rings. The first-order valence-corrected chi connectivity index (χ1v) is 8.08. The second-order valence-corrected chi connectivity index (χ2v) is 5.77. The first-order chi connectivity index (χ1) is 9.73. The van der Waals surface area contributed by atoms with Crippen molar-refractivity contribution in [3.8, 4) is 0 Å². The molecule has 0 fully saturated rings. The summed E-state index contributed by atoms with van der Waals surface area (Å²) in [4.78, 5) is 12.3. The second kappa shape index (κ2) is 6.85. The summed E-state index contributed by atoms with van der Waals surface area (Å²) in [5, 5.41) is 3.16. The number of nitrogen functional groups attached to an aromatic ring is 1. The Balaban J connectivity index is 2.39. The van der Waals surface area contributed by atoms with Crippen LogP contribution in [-0.4, -0.2) is 23.1 Å². The Morgan fingerprint density at radius 2 is 2.05 bits per heavy atom. The van der Waals surface area contributed by atoms with Gasteiger partial charge in [-0.25, -0.2) is 10.8 Å². The van der Waals surface area contributed by atoms with Crippen LogP contribution < -0.4 is 16.2 Å². The van der Waals surface area contributed by atoms with Crippen molar-refractivity contribution in [1.29, 1.82) is 0 Å². The molecule has 0 unspecified atom stereocenters. The van der Waals surface area contributed by atoms with Gasteiger partial charge in [0.15, 0.2) is 0 Å². The second-order valence-electron chi connectivity index (χ2n) is 4.88. The van der Waals surface area contributed by atoms with Crippen LogP contribution in [0.5, 0.6) is 0 Å². The molecule has 5 nitrogen and oxygen atoms in total. The lowest BCUT2D eigenvalue weighted by Crippen LogP contribution is -2.30. The number of nitrogens with one attached hydrogen (secondary N) is 1. The summed E-state index contributed by atoms with van der Waals surface area (Å²) in [5.41, 5.74) is 2.57. The summed E-state index contributed by atoms with van der Waals surface area (Å²) in [6.45, 7) is 8.61. The van der Waals surface area contributed by atoms with E-state index in [0.29, 0.717) is 11.9 Å². The Morgan fingerprint density at radius 3 is 2.65 bits per heavy atom. The van der Waals surface area contributed by atoms with E-state index in [1.54, 1.807) is 11.3 Å². The van der Waals surface area contributed by atoms with Crippen LogP contribution in [0.1, 0.15) is 33.6 Å². The fraction of sp³-hybridized carbons (Fsp3) is 0.571. The maximum atomic E-state index is 5.48. The Bertz CT molecular complexity index is 549. The van der Waals surface area contributed by atoms with Crippen LogP contribution in [0, 0.1) is 5.92 Å². The third-order valence-corrected chi connectivity index (χ3v) is 4.56. The molecule has 0 saturated heterocycles. The van der Waals surface area contributed by atoms with Crippen molar-refractivity contribution >= 4 is 33.3 Å². The molecule has 110 valence electrons. The van der Waals surface area contributed by atoms with Crippen LogP contribution in [0.15, 0.2) is 11.4 Å². The highest BCUT2D eigenvalue weighted by atomic mass is 32.1. The fourth-order valence-electron chi connectivity index (χ4n) is 2.37. The average molecular weight is 293 g/mol. The van der Waals surface area contributed by atoms with Crippen LogP contribution >= 0.6 is 11.3 Å². The van der Waals surface area contributed by atoms with Gasteiger partial charge in [0.05, 0.1) is 5.39 Å². The summed E-state index contributed by atoms with van der Waals surface area (Å²) in [7, 11) is 0. The standard InChI is InChI=1S/C14H23N5S/c1-4-10(5-2)9-19(6-3)12-11-7-8-20-13(11)17-14(16-12)18-15/h7-8,10H,4-6,9,15H2,1-3H3,(H,16,17,18). The lowest BCUT2D eigenvalue weighted by atomic mass is 10.0. The monoisotopic (exact) mass is 293 g/mol. The van der Waals surface area contributed by atoms with Crippen LogP contribution in [-0.2, 0) is 0 Å². The van der Waals surface area contributed by atoms with Crippen LogP contribution in [0.25, 0.3) is 10.2 Å². The molecule has 20 heavy (non-hydrogen) atoms. The number of aromatic nitrogens is 2. The molecular weight excluding hydrogens is 270 g/mol. The first kappa shape index (κ1) is 15.0. The van der Waals surface area contributed by atoms with E-state index in [1.807, 2.05) is 5.38 Å². The number of hydrazine groups is 1. The Kier molecular flexibility index (Phi) is 5.14. The highest BCUT2D eigenvalue weighted by molar-refractivity contribution is 7.16. The van der Waals surface area contributed by atoms with Gasteiger partial charge in [-0.05, 0) is 24.3 Å². The summed E-state index contributed by atoms with van der Waals surface area (Å²) < 4.78 is 0. The number of hydrogen-bond acceptors (Lipinski definition) is 6. The molecule has 0 aromatic carbocycles. The Morgan fingerprint density at radius 1 is 1.30 bits per heavy atom. The molecule has 0 aliphatic heterocycles. The van der Waals surface area contributed by atoms with Crippen molar-refractivity contribution in [2.75, 3.05) is 23.4 Å². The van der Waals surface area contributed by atoms with Gasteiger partial charge in [-0.2, -0.15) is 4.98 Å². The van der Waals surface area contributed by atoms with E-state index >= 15 is 0 Å². The number of hydrogen-bond donors (Lipinski definition) is 2. The molecule has 2 aromatic heterocycles. The maximum Gasteiger partial charge on any atom is 0.240 e. The van der Waals surface area contributed by atoms with E-state index in [-0.39, 0.29) is 0 Å². The molecule has 2 heterocycles. The van der Waals surface area contributed by atoms with Crippen LogP contribution in [0.2, 0.25) is 0 Å². The Labute approximate surface area is 124 Å². The van der Waals surface area contributed by atoms with Gasteiger partial charge in [-0.3, -0.25) is 5.43 Å². The predicted octanol–water partition coefficient (Wildman–Crippen LogP) is 3.24. The van der Waals surface area contributed by atoms with Crippen molar-refractivity contribution in [3.05, 3.63) is 11.4 Å². The SMILES string of the molecule is CCC(CC)CN(CC)c1nc(NN)nc2sccc12. The number of thiophene rings is 1. The van der Waals surface area contributed by atoms with Gasteiger partial charge < -0.3 is 4.90 Å². The van der Waals surface area contributed by atoms with Gasteiger partial charge in [-0.1, -0.05) is 26.7 Å². The van der Waals surface area contributed by atoms with E-state index in [9.17, 15) is 0 Å². The van der Waals surface area contributed by atoms with E-state index in [2.05, 4.69) is 47.1 Å². The summed E-state index contributed by atoms with van der Waals surface area (Å²) >= 11 is 1.62. The minimum atomic E-state index is 0.484. The summed E-state index contributed by atoms with van der Waals surface area (Å²) in [5.74, 6) is 7.64. The average Bonchev–Trinajstić information content (AvgIpc) is 2.96. The fourth-order valence-corrected chi connectivity index (χ4v) is 3.13. The van der Waals surface area contributed by atoms with Crippen molar-refractivity contribution in [2.45, 2.75) is 33.6 Å². The molecule has 0 atom stereocenters. The molecular formula is C14H23N5S. The summed E-state index contributed by atoms with van der Waals surface area (Å²) in [6, 6.07) is 2.09. The summed E-state index contributed by atoms with van der Waals surface area (Å²) in [6.07, 6.45) is 2.37. The normalized spacial score (nSPS) is 11.2. The minimum absolute atomic E-state index is 0.484. The lowest BCUT2D eigenvalue weighted by molar-refractivity contribution is 0.485. The lowest BCUT2D eigenvalue weighted by Gasteiger charge is -2.27. The third-order valence-electron chi connectivity index (χ3n) is 3.75. The molecule has 0 aliphatic rings. The number of nitrogens with two attached hydrogens (primary N) is 1. The molecule has 0 aliphatic carbocycles. The van der Waals surface area contributed by atoms with Gasteiger partial charge in [0.1, 0.15) is 10.6 Å². The quantitative estimate of drug-likeness (QED) is 0.606. The molecule has 6 heteroatoms. The van der Waals surface area contributed by atoms with E-state index in [0.717, 1.165) is 29.1 Å². The molecule has 0 bridgehead atoms. The van der Waals surface area contributed by atoms with Crippen molar-refractivity contribution < 1.29 is 0 Å². The maximum absolute atomic E-state index is 5.48. The van der Waals surface area contributed by atoms with Crippen molar-refractivity contribution in [3.63, 3.8) is 0 Å². The smallest absolute Gasteiger partial charge is 0.240 e. The van der Waals surface area contributed by atoms with Crippen molar-refractivity contribution in [1.82, 2.24) is 9.97 Å². The molecule has 3 N–H and O–H groups in total. The van der Waals surface area contributed by atoms with Gasteiger partial charge in [0.2, 0.25) is 5.95 Å². The highest BCUT2D eigenvalue weighted by Crippen LogP contribution is 2.29. The van der Waals surface area contributed by atoms with E-state index in [1.165, 1.54) is 12.8 Å². The zero-order valence-electron chi connectivity index (χ0n) is 12.4. The minimum Gasteiger partial charge on any atom is -0.356 e. The zero-order chi connectivity index (χ0) is 14.5. The third kappa shape index (κ3) is 3.02. The topological polar surface area (TPSA) is 67.1 Å². The van der Waals surface area contributed by atoms with Gasteiger partial charge >= 0.3 is 0 Å². The first-order valence-electron chi connectivity index (χ1n) is 7.20. The number of nitrogens with zero attached hydrogens (tertiary/aromatic N) is 3. The van der Waals surface area contributed by atoms with E-state index < -0.39 is 0 Å². The number of anilines is 2. The zero-order valence-corrected chi connectivity index (χ0v) is 13.2. The van der Waals surface area contributed by atoms with E-state index in [4.69, 9.17) is 5.84 Å². The van der Waals surface area contributed by atoms with Gasteiger partial charge in [0, 0.05) is 13.1 Å². The molecule has 0 radical (unpaired) electrons. The number of fused-ring (bicyclic) bond motifs is 1. The molecule has 0 saturated carbocycles. The predicted molar refractivity (Wildman–Crippen MR) is 87.2 cm³/mol. The van der Waals surface area contributed by atoms with Gasteiger partial charge in [-0.15, -0.1) is 11.3 Å². The number of rotatable bonds is 7. The molecule has 0 spiro atoms. The van der Waals surface area contributed by atoms with Crippen LogP contribution in [0.4, 0.5) is 11.8 Å². The van der Waals surface area contributed by atoms with Crippen molar-refractivity contribution in [2.24, 2.45) is 11.8 Å². The van der Waals surface area contributed by atoms with Gasteiger partial charge in [0.25, 0.3) is 0 Å². The van der Waals surface area contributed by atoms with Crippen LogP contribution in [0.3, 0.4) is 0 Å². The molecule has 2 rings (SSSR count). The Hall–Kier alpha value is -1.40. The molecule has 0 amide bonds. The largest absolute Gasteiger partial charge is 0.356 e. The highest BCUT2D eigenvalue weighted by Gasteiger charge is 2.16.